The summed E-state index contributed by atoms with van der Waals surface area (Å²) in [6.45, 7) is 2.51. The van der Waals surface area contributed by atoms with Gasteiger partial charge >= 0.3 is 0 Å². The van der Waals surface area contributed by atoms with E-state index in [1.807, 2.05) is 79.0 Å². The third-order valence-electron chi connectivity index (χ3n) is 4.46. The lowest BCUT2D eigenvalue weighted by atomic mass is 10.1. The average molecular weight is 388 g/mol. The van der Waals surface area contributed by atoms with Gasteiger partial charge in [0.2, 0.25) is 5.95 Å². The molecule has 28 heavy (non-hydrogen) atoms. The number of benzene rings is 2. The largest absolute Gasteiger partial charge is 0.348 e. The van der Waals surface area contributed by atoms with Gasteiger partial charge in [-0.3, -0.25) is 4.79 Å². The summed E-state index contributed by atoms with van der Waals surface area (Å²) in [5.41, 5.74) is 3.35. The third-order valence-corrected chi connectivity index (χ3v) is 5.37. The van der Waals surface area contributed by atoms with Gasteiger partial charge in [0.1, 0.15) is 0 Å². The average Bonchev–Trinajstić information content (AvgIpc) is 3.21. The summed E-state index contributed by atoms with van der Waals surface area (Å²) in [6.07, 6.45) is 0. The summed E-state index contributed by atoms with van der Waals surface area (Å²) in [6, 6.07) is 21.8. The number of anilines is 1. The van der Waals surface area contributed by atoms with Crippen molar-refractivity contribution >= 4 is 33.4 Å². The van der Waals surface area contributed by atoms with Crippen molar-refractivity contribution < 1.29 is 4.79 Å². The van der Waals surface area contributed by atoms with Crippen LogP contribution in [0.4, 0.5) is 5.95 Å². The molecule has 2 heterocycles. The SMILES string of the molecule is CC(Nc1nc(C(=O)NCc2ccccc2)c2sccc2n1)c1ccccc1. The van der Waals surface area contributed by atoms with Crippen molar-refractivity contribution in [1.82, 2.24) is 15.3 Å². The molecule has 1 amide bonds. The first kappa shape index (κ1) is 18.1. The predicted octanol–water partition coefficient (Wildman–Crippen LogP) is 4.79. The van der Waals surface area contributed by atoms with E-state index in [9.17, 15) is 4.79 Å². The molecule has 0 radical (unpaired) electrons. The Kier molecular flexibility index (Phi) is 5.30. The Morgan fingerprint density at radius 2 is 1.71 bits per heavy atom. The number of carbonyl (C=O) groups is 1. The van der Waals surface area contributed by atoms with Crippen molar-refractivity contribution in [2.24, 2.45) is 0 Å². The normalized spacial score (nSPS) is 11.9. The first-order valence-electron chi connectivity index (χ1n) is 9.09. The van der Waals surface area contributed by atoms with Crippen LogP contribution in [0.2, 0.25) is 0 Å². The van der Waals surface area contributed by atoms with Crippen LogP contribution < -0.4 is 10.6 Å². The van der Waals surface area contributed by atoms with Crippen molar-refractivity contribution in [3.05, 3.63) is 88.9 Å². The van der Waals surface area contributed by atoms with E-state index in [0.29, 0.717) is 18.2 Å². The summed E-state index contributed by atoms with van der Waals surface area (Å²) in [4.78, 5) is 21.9. The van der Waals surface area contributed by atoms with Gasteiger partial charge in [0.25, 0.3) is 5.91 Å². The van der Waals surface area contributed by atoms with Crippen molar-refractivity contribution in [1.29, 1.82) is 0 Å². The Bertz CT molecular complexity index is 1080. The standard InChI is InChI=1S/C22H20N4OS/c1-15(17-10-6-3-7-11-17)24-22-25-18-12-13-28-20(18)19(26-22)21(27)23-14-16-8-4-2-5-9-16/h2-13,15H,14H2,1H3,(H,23,27)(H,24,25,26). The van der Waals surface area contributed by atoms with Crippen molar-refractivity contribution in [3.8, 4) is 0 Å². The molecule has 0 saturated heterocycles. The molecule has 0 aliphatic rings. The van der Waals surface area contributed by atoms with Gasteiger partial charge in [-0.1, -0.05) is 60.7 Å². The van der Waals surface area contributed by atoms with E-state index < -0.39 is 0 Å². The molecule has 0 bridgehead atoms. The van der Waals surface area contributed by atoms with Gasteiger partial charge in [0.05, 0.1) is 16.3 Å². The van der Waals surface area contributed by atoms with Gasteiger partial charge in [-0.2, -0.15) is 0 Å². The van der Waals surface area contributed by atoms with E-state index in [2.05, 4.69) is 20.6 Å². The Labute approximate surface area is 167 Å². The Morgan fingerprint density at radius 1 is 1.00 bits per heavy atom. The maximum absolute atomic E-state index is 12.8. The first-order valence-corrected chi connectivity index (χ1v) is 9.97. The fraction of sp³-hybridized carbons (Fsp3) is 0.136. The number of hydrogen-bond donors (Lipinski definition) is 2. The number of thiophene rings is 1. The van der Waals surface area contributed by atoms with Crippen LogP contribution in [0.3, 0.4) is 0 Å². The maximum atomic E-state index is 12.8. The highest BCUT2D eigenvalue weighted by Crippen LogP contribution is 2.25. The van der Waals surface area contributed by atoms with Crippen LogP contribution >= 0.6 is 11.3 Å². The van der Waals surface area contributed by atoms with Crippen molar-refractivity contribution in [3.63, 3.8) is 0 Å². The molecule has 0 aliphatic carbocycles. The first-order chi connectivity index (χ1) is 13.7. The Morgan fingerprint density at radius 3 is 2.46 bits per heavy atom. The quantitative estimate of drug-likeness (QED) is 0.498. The molecule has 2 aromatic carbocycles. The van der Waals surface area contributed by atoms with Crippen LogP contribution in [-0.4, -0.2) is 15.9 Å². The fourth-order valence-corrected chi connectivity index (χ4v) is 3.78. The second kappa shape index (κ2) is 8.19. The minimum Gasteiger partial charge on any atom is -0.348 e. The maximum Gasteiger partial charge on any atom is 0.271 e. The van der Waals surface area contributed by atoms with Gasteiger partial charge in [0, 0.05) is 6.54 Å². The van der Waals surface area contributed by atoms with Crippen LogP contribution in [0.1, 0.15) is 34.6 Å². The monoisotopic (exact) mass is 388 g/mol. The van der Waals surface area contributed by atoms with Crippen LogP contribution in [0, 0.1) is 0 Å². The van der Waals surface area contributed by atoms with Gasteiger partial charge in [-0.15, -0.1) is 11.3 Å². The zero-order valence-corrected chi connectivity index (χ0v) is 16.2. The molecule has 140 valence electrons. The zero-order valence-electron chi connectivity index (χ0n) is 15.4. The number of fused-ring (bicyclic) bond motifs is 1. The number of hydrogen-bond acceptors (Lipinski definition) is 5. The van der Waals surface area contributed by atoms with E-state index in [1.165, 1.54) is 11.3 Å². The summed E-state index contributed by atoms with van der Waals surface area (Å²) in [5, 5.41) is 8.20. The molecule has 0 spiro atoms. The van der Waals surface area contributed by atoms with Crippen LogP contribution in [0.25, 0.3) is 10.2 Å². The molecule has 5 nitrogen and oxygen atoms in total. The summed E-state index contributed by atoms with van der Waals surface area (Å²) < 4.78 is 0.795. The fourth-order valence-electron chi connectivity index (χ4n) is 2.96. The van der Waals surface area contributed by atoms with Crippen LogP contribution in [-0.2, 0) is 6.54 Å². The van der Waals surface area contributed by atoms with Crippen molar-refractivity contribution in [2.45, 2.75) is 19.5 Å². The van der Waals surface area contributed by atoms with E-state index in [4.69, 9.17) is 0 Å². The molecule has 2 N–H and O–H groups in total. The van der Waals surface area contributed by atoms with E-state index in [-0.39, 0.29) is 11.9 Å². The van der Waals surface area contributed by atoms with Gasteiger partial charge in [-0.25, -0.2) is 9.97 Å². The molecular weight excluding hydrogens is 368 g/mol. The van der Waals surface area contributed by atoms with Crippen LogP contribution in [0.15, 0.2) is 72.1 Å². The molecule has 4 rings (SSSR count). The highest BCUT2D eigenvalue weighted by atomic mass is 32.1. The minimum atomic E-state index is -0.200. The third kappa shape index (κ3) is 4.02. The highest BCUT2D eigenvalue weighted by molar-refractivity contribution is 7.17. The molecule has 2 aromatic heterocycles. The van der Waals surface area contributed by atoms with Gasteiger partial charge < -0.3 is 10.6 Å². The van der Waals surface area contributed by atoms with E-state index in [1.54, 1.807) is 0 Å². The Hall–Kier alpha value is -3.25. The zero-order chi connectivity index (χ0) is 19.3. The highest BCUT2D eigenvalue weighted by Gasteiger charge is 2.17. The topological polar surface area (TPSA) is 66.9 Å². The predicted molar refractivity (Wildman–Crippen MR) is 114 cm³/mol. The summed E-state index contributed by atoms with van der Waals surface area (Å²) in [5.74, 6) is 0.251. The summed E-state index contributed by atoms with van der Waals surface area (Å²) >= 11 is 1.47. The van der Waals surface area contributed by atoms with E-state index in [0.717, 1.165) is 21.3 Å². The molecule has 0 fully saturated rings. The van der Waals surface area contributed by atoms with E-state index >= 15 is 0 Å². The number of rotatable bonds is 6. The summed E-state index contributed by atoms with van der Waals surface area (Å²) in [7, 11) is 0. The number of carbonyl (C=O) groups excluding carboxylic acids is 1. The minimum absolute atomic E-state index is 0.0255. The lowest BCUT2D eigenvalue weighted by Crippen LogP contribution is -2.24. The number of amides is 1. The Balaban J connectivity index is 1.57. The molecule has 0 saturated carbocycles. The smallest absolute Gasteiger partial charge is 0.271 e. The molecular formula is C22H20N4OS. The van der Waals surface area contributed by atoms with Gasteiger partial charge in [0.15, 0.2) is 5.69 Å². The lowest BCUT2D eigenvalue weighted by Gasteiger charge is -2.15. The molecule has 1 atom stereocenters. The molecule has 1 unspecified atom stereocenters. The lowest BCUT2D eigenvalue weighted by molar-refractivity contribution is 0.0948. The number of nitrogens with zero attached hydrogens (tertiary/aromatic N) is 2. The van der Waals surface area contributed by atoms with Crippen molar-refractivity contribution in [2.75, 3.05) is 5.32 Å². The van der Waals surface area contributed by atoms with Gasteiger partial charge in [-0.05, 0) is 29.5 Å². The van der Waals surface area contributed by atoms with Crippen LogP contribution in [0.5, 0.6) is 0 Å². The second-order valence-electron chi connectivity index (χ2n) is 6.48. The molecule has 0 aliphatic heterocycles. The second-order valence-corrected chi connectivity index (χ2v) is 7.39. The number of aromatic nitrogens is 2. The number of nitrogens with one attached hydrogen (secondary N) is 2. The molecule has 6 heteroatoms. The molecule has 4 aromatic rings.